The number of hydrogen-bond acceptors (Lipinski definition) is 0. The second-order valence-electron chi connectivity index (χ2n) is 4.92. The molecule has 0 saturated carbocycles. The van der Waals surface area contributed by atoms with Crippen molar-refractivity contribution >= 4 is 175 Å². The number of alkyl halides is 4. The van der Waals surface area contributed by atoms with E-state index in [1.54, 1.807) is 0 Å². The van der Waals surface area contributed by atoms with Gasteiger partial charge in [-0.25, -0.2) is 0 Å². The van der Waals surface area contributed by atoms with Crippen molar-refractivity contribution in [3.05, 3.63) is 140 Å². The fraction of sp³-hybridized carbons (Fsp3) is 0.429. The Morgan fingerprint density at radius 1 is 0.242 bits per heavy atom. The van der Waals surface area contributed by atoms with Crippen LogP contribution in [0.2, 0.25) is 0 Å². The molecule has 0 aromatic rings. The minimum absolute atomic E-state index is 0. The van der Waals surface area contributed by atoms with Gasteiger partial charge in [-0.15, -0.1) is 34.3 Å². The van der Waals surface area contributed by atoms with Gasteiger partial charge in [-0.1, -0.05) is 110 Å². The van der Waals surface area contributed by atoms with Crippen LogP contribution in [0.4, 0.5) is 0 Å². The predicted octanol–water partition coefficient (Wildman–Crippen LogP) is 20.7. The van der Waals surface area contributed by atoms with Crippen molar-refractivity contribution in [3.63, 3.8) is 0 Å². The second-order valence-corrected chi connectivity index (χ2v) is 21.5. The summed E-state index contributed by atoms with van der Waals surface area (Å²) >= 11 is 13.0. The molecule has 0 bridgehead atoms. The number of halogens is 4. The molecule has 0 nitrogen and oxygen atoms in total. The summed E-state index contributed by atoms with van der Waals surface area (Å²) in [5.74, 6) is 0. The first-order valence-electron chi connectivity index (χ1n) is 11.9. The van der Waals surface area contributed by atoms with E-state index in [9.17, 15) is 0 Å². The first-order valence-corrected chi connectivity index (χ1v) is 38.0. The van der Waals surface area contributed by atoms with Crippen LogP contribution in [0.3, 0.4) is 0 Å². The zero-order valence-corrected chi connectivity index (χ0v) is 88.4. The summed E-state index contributed by atoms with van der Waals surface area (Å²) in [7, 11) is 11.2. The minimum atomic E-state index is 0. The third-order valence-corrected chi connectivity index (χ3v) is 8.33. The SMILES string of the molecule is CPCBr.CPCBr.CPCBr.CPCBr.[CH2-]PC.[CH2-]PC.[CH2-]PC.[CH2-]PC.[CH2-]PC.[CH2-]PC.[CH2-]PC.[CH2-]P[CH2-].[CH2-]P[CH2-].[CH3-].[CH3-].[CH3-].[CH3-].[CH3-].[CH3-].[CH3-].[CH3-].[CH3-].[V+2].[V+2].[W+2].[W+2].[W+2].[W+2].[W+2].[W+2].[W+2].[W+2]. The summed E-state index contributed by atoms with van der Waals surface area (Å²) in [6.45, 7) is 61.1. The molecule has 0 N–H and O–H groups in total. The second kappa shape index (κ2) is 425. The van der Waals surface area contributed by atoms with Crippen molar-refractivity contribution in [2.75, 3.05) is 93.6 Å². The first-order chi connectivity index (χ1) is 20.4. The Labute approximate surface area is 604 Å². The predicted molar refractivity (Wildman–Crippen MR) is 345 cm³/mol. The number of rotatable bonds is 4. The van der Waals surface area contributed by atoms with Gasteiger partial charge in [0.15, 0.2) is 0 Å². The van der Waals surface area contributed by atoms with Crippen LogP contribution in [0, 0.1) is 140 Å². The molecule has 0 amide bonds. The molecular formula is C35H103Br4P13V2W8. The zero-order chi connectivity index (χ0) is 38.0. The molecule has 0 heterocycles. The van der Waals surface area contributed by atoms with Crippen LogP contribution >= 0.6 is 175 Å². The van der Waals surface area contributed by atoms with Gasteiger partial charge in [0.2, 0.25) is 0 Å². The van der Waals surface area contributed by atoms with Gasteiger partial charge in [0, 0.05) is 20.3 Å². The van der Waals surface area contributed by atoms with Gasteiger partial charge in [0.1, 0.15) is 0 Å². The van der Waals surface area contributed by atoms with Crippen molar-refractivity contribution < 1.29 is 206 Å². The Hall–Kier alpha value is 14.2. The molecule has 11 atom stereocenters. The maximum absolute atomic E-state index is 3.51. The average Bonchev–Trinajstić information content (AvgIpc) is 2.97. The van der Waals surface area contributed by atoms with Gasteiger partial charge in [-0.2, -0.15) is 0 Å². The standard InChI is InChI=1S/4C2H6BrP.7C2H6P.2C2H5P.9CH3.2V.8W/c4*1-4-2-3;9*1-3-2;;;;;;;;;;;;;;;;;;;/h4*4H,2H2,1H3;7*3H,1H2,2H3;2*3H,1-2H2;9*1H3;;;;;;;;;;/q;;;;7*-1;2*-2;9*-1;10*+2. The van der Waals surface area contributed by atoms with Crippen molar-refractivity contribution in [3.8, 4) is 0 Å². The van der Waals surface area contributed by atoms with Crippen LogP contribution in [0.25, 0.3) is 0 Å². The van der Waals surface area contributed by atoms with Gasteiger partial charge < -0.3 is 157 Å². The quantitative estimate of drug-likeness (QED) is 0.150. The summed E-state index contributed by atoms with van der Waals surface area (Å²) in [6, 6.07) is 0. The minimum Gasteiger partial charge on any atom is -0.454 e. The topological polar surface area (TPSA) is 0 Å². The van der Waals surface area contributed by atoms with E-state index in [0.29, 0.717) is 17.2 Å². The van der Waals surface area contributed by atoms with E-state index in [2.05, 4.69) is 164 Å². The third kappa shape index (κ3) is 1200. The van der Waals surface area contributed by atoms with Gasteiger partial charge in [0.25, 0.3) is 0 Å². The van der Waals surface area contributed by atoms with E-state index in [1.165, 1.54) is 0 Å². The Kier molecular flexibility index (Phi) is 1510. The molecule has 62 heavy (non-hydrogen) atoms. The average molecular weight is 2820 g/mol. The van der Waals surface area contributed by atoms with Gasteiger partial charge >= 0.3 is 206 Å². The van der Waals surface area contributed by atoms with Crippen LogP contribution in [-0.2, 0) is 206 Å². The smallest absolute Gasteiger partial charge is 0.454 e. The molecule has 27 heteroatoms. The van der Waals surface area contributed by atoms with Crippen LogP contribution in [0.15, 0.2) is 0 Å². The molecule has 0 saturated heterocycles. The van der Waals surface area contributed by atoms with Gasteiger partial charge in [-0.3, -0.25) is 60.1 Å². The summed E-state index contributed by atoms with van der Waals surface area (Å²) in [5.41, 5.74) is 0. The maximum atomic E-state index is 3.51. The van der Waals surface area contributed by atoms with Crippen molar-refractivity contribution in [2.45, 2.75) is 0 Å². The molecule has 0 fully saturated rings. The van der Waals surface area contributed by atoms with E-state index in [4.69, 9.17) is 0 Å². The molecule has 0 spiro atoms. The Balaban J connectivity index is -0.00000000512. The van der Waals surface area contributed by atoms with Gasteiger partial charge in [-0.05, 0) is 26.7 Å². The van der Waals surface area contributed by atoms with E-state index < -0.39 is 0 Å². The maximum Gasteiger partial charge on any atom is 2.00 e. The van der Waals surface area contributed by atoms with E-state index >= 15 is 0 Å². The Bertz CT molecular complexity index is 194. The van der Waals surface area contributed by atoms with Crippen LogP contribution < -0.4 is 0 Å². The van der Waals surface area contributed by atoms with E-state index in [0.717, 1.165) is 115 Å². The third-order valence-electron chi connectivity index (χ3n) is 0.535. The molecule has 0 rings (SSSR count). The Morgan fingerprint density at radius 3 is 0.258 bits per heavy atom. The molecule has 0 aliphatic carbocycles. The molecule has 0 aromatic heterocycles. The van der Waals surface area contributed by atoms with Crippen molar-refractivity contribution in [1.82, 2.24) is 0 Å². The fourth-order valence-corrected chi connectivity index (χ4v) is 0. The molecular weight excluding hydrogens is 2720 g/mol. The van der Waals surface area contributed by atoms with E-state index in [1.807, 2.05) is 46.7 Å². The largest absolute Gasteiger partial charge is 2.00 e. The van der Waals surface area contributed by atoms with E-state index in [-0.39, 0.29) is 272 Å². The summed E-state index contributed by atoms with van der Waals surface area (Å²) in [6.07, 6.45) is 0. The molecule has 0 aliphatic heterocycles. The zero-order valence-electron chi connectivity index (χ0n) is 42.8. The monoisotopic (exact) mass is 2820 g/mol. The Morgan fingerprint density at radius 2 is 0.258 bits per heavy atom. The fourth-order valence-electron chi connectivity index (χ4n) is 0. The molecule has 0 aromatic carbocycles. The molecule has 0 aliphatic rings. The summed E-state index contributed by atoms with van der Waals surface area (Å²) in [4.78, 5) is 0. The van der Waals surface area contributed by atoms with Crippen LogP contribution in [0.1, 0.15) is 0 Å². The first kappa shape index (κ1) is 221. The molecule has 394 valence electrons. The number of hydrogen-bond donors (Lipinski definition) is 0. The van der Waals surface area contributed by atoms with Gasteiger partial charge in [0.05, 0.1) is 0 Å². The summed E-state index contributed by atoms with van der Waals surface area (Å²) in [5, 5.41) is 4.64. The van der Waals surface area contributed by atoms with Crippen molar-refractivity contribution in [1.29, 1.82) is 0 Å². The van der Waals surface area contributed by atoms with Crippen LogP contribution in [-0.4, -0.2) is 93.6 Å². The normalized spacial score (nSPS) is 6.68. The summed E-state index contributed by atoms with van der Waals surface area (Å²) < 4.78 is 0. The molecule has 2 radical (unpaired) electrons. The van der Waals surface area contributed by atoms with Crippen LogP contribution in [0.5, 0.6) is 0 Å². The molecule has 11 unspecified atom stereocenters. The van der Waals surface area contributed by atoms with Crippen molar-refractivity contribution in [2.24, 2.45) is 0 Å².